The van der Waals surface area contributed by atoms with Gasteiger partial charge in [-0.25, -0.2) is 14.2 Å². The minimum atomic E-state index is -0.290. The van der Waals surface area contributed by atoms with Crippen molar-refractivity contribution in [1.29, 1.82) is 0 Å². The molecule has 8 heteroatoms. The minimum Gasteiger partial charge on any atom is -0.489 e. The van der Waals surface area contributed by atoms with Crippen molar-refractivity contribution < 1.29 is 13.9 Å². The third-order valence-electron chi connectivity index (χ3n) is 4.64. The van der Waals surface area contributed by atoms with Gasteiger partial charge in [0.2, 0.25) is 0 Å². The summed E-state index contributed by atoms with van der Waals surface area (Å²) in [5.41, 5.74) is 1.41. The van der Waals surface area contributed by atoms with Crippen LogP contribution < -0.4 is 15.0 Å². The van der Waals surface area contributed by atoms with Crippen LogP contribution in [0.3, 0.4) is 0 Å². The molecule has 29 heavy (non-hydrogen) atoms. The van der Waals surface area contributed by atoms with Gasteiger partial charge in [0.05, 0.1) is 0 Å². The average Bonchev–Trinajstić information content (AvgIpc) is 3.28. The molecule has 150 valence electrons. The van der Waals surface area contributed by atoms with Crippen molar-refractivity contribution in [2.24, 2.45) is 0 Å². The fraction of sp³-hybridized carbons (Fsp3) is 0.238. The van der Waals surface area contributed by atoms with E-state index >= 15 is 0 Å². The van der Waals surface area contributed by atoms with E-state index in [4.69, 9.17) is 4.74 Å². The summed E-state index contributed by atoms with van der Waals surface area (Å²) in [4.78, 5) is 20.9. The Morgan fingerprint density at radius 1 is 1.14 bits per heavy atom. The Balaban J connectivity index is 1.30. The number of hydrogen-bond acceptors (Lipinski definition) is 5. The van der Waals surface area contributed by atoms with Crippen LogP contribution >= 0.6 is 11.3 Å². The number of ether oxygens (including phenoxy) is 1. The summed E-state index contributed by atoms with van der Waals surface area (Å²) >= 11 is 1.61. The number of carbonyl (C=O) groups excluding carboxylic acids is 1. The quantitative estimate of drug-likeness (QED) is 0.682. The number of nitrogens with one attached hydrogen (secondary N) is 1. The first-order valence-electron chi connectivity index (χ1n) is 9.35. The van der Waals surface area contributed by atoms with Gasteiger partial charge in [0.15, 0.2) is 5.13 Å². The largest absolute Gasteiger partial charge is 0.489 e. The van der Waals surface area contributed by atoms with Gasteiger partial charge in [-0.2, -0.15) is 0 Å². The zero-order chi connectivity index (χ0) is 20.1. The van der Waals surface area contributed by atoms with E-state index < -0.39 is 0 Å². The number of halogens is 1. The number of rotatable bonds is 5. The SMILES string of the molecule is O=C(Nc1cccc(OCc2cccc(F)c2)c1)N1CCN(c2nccs2)CC1. The summed E-state index contributed by atoms with van der Waals surface area (Å²) in [6.45, 7) is 3.06. The maximum absolute atomic E-state index is 13.3. The molecule has 1 saturated heterocycles. The Labute approximate surface area is 172 Å². The first kappa shape index (κ1) is 19.2. The van der Waals surface area contributed by atoms with Crippen LogP contribution in [0.15, 0.2) is 60.1 Å². The van der Waals surface area contributed by atoms with Crippen molar-refractivity contribution in [2.75, 3.05) is 36.4 Å². The molecule has 1 N–H and O–H groups in total. The Kier molecular flexibility index (Phi) is 5.90. The molecule has 0 aliphatic carbocycles. The number of amides is 2. The summed E-state index contributed by atoms with van der Waals surface area (Å²) in [6, 6.07) is 13.4. The van der Waals surface area contributed by atoms with Crippen molar-refractivity contribution in [3.05, 3.63) is 71.5 Å². The number of anilines is 2. The van der Waals surface area contributed by atoms with Gasteiger partial charge in [0, 0.05) is 49.5 Å². The third kappa shape index (κ3) is 5.03. The summed E-state index contributed by atoms with van der Waals surface area (Å²) < 4.78 is 19.0. The number of benzene rings is 2. The molecule has 2 amide bonds. The summed E-state index contributed by atoms with van der Waals surface area (Å²) in [6.07, 6.45) is 1.79. The summed E-state index contributed by atoms with van der Waals surface area (Å²) in [5, 5.41) is 5.87. The Hall–Kier alpha value is -3.13. The highest BCUT2D eigenvalue weighted by Gasteiger charge is 2.22. The van der Waals surface area contributed by atoms with Gasteiger partial charge in [-0.15, -0.1) is 11.3 Å². The second-order valence-electron chi connectivity index (χ2n) is 6.67. The minimum absolute atomic E-state index is 0.133. The van der Waals surface area contributed by atoms with Gasteiger partial charge in [0.1, 0.15) is 18.2 Å². The molecule has 0 unspecified atom stereocenters. The van der Waals surface area contributed by atoms with Crippen LogP contribution in [0.25, 0.3) is 0 Å². The maximum atomic E-state index is 13.3. The second-order valence-corrected chi connectivity index (χ2v) is 7.54. The van der Waals surface area contributed by atoms with Crippen molar-refractivity contribution in [2.45, 2.75) is 6.61 Å². The highest BCUT2D eigenvalue weighted by atomic mass is 32.1. The lowest BCUT2D eigenvalue weighted by Gasteiger charge is -2.34. The number of nitrogens with zero attached hydrogens (tertiary/aromatic N) is 3. The molecule has 0 spiro atoms. The molecular weight excluding hydrogens is 391 g/mol. The molecular formula is C21H21FN4O2S. The predicted octanol–water partition coefficient (Wildman–Crippen LogP) is 4.22. The first-order valence-corrected chi connectivity index (χ1v) is 10.2. The topological polar surface area (TPSA) is 57.7 Å². The van der Waals surface area contributed by atoms with Gasteiger partial charge >= 0.3 is 6.03 Å². The van der Waals surface area contributed by atoms with E-state index in [1.54, 1.807) is 40.6 Å². The maximum Gasteiger partial charge on any atom is 0.321 e. The molecule has 0 saturated carbocycles. The van der Waals surface area contributed by atoms with Crippen LogP contribution in [-0.2, 0) is 6.61 Å². The lowest BCUT2D eigenvalue weighted by Crippen LogP contribution is -2.50. The average molecular weight is 412 g/mol. The Morgan fingerprint density at radius 2 is 1.97 bits per heavy atom. The Morgan fingerprint density at radius 3 is 2.72 bits per heavy atom. The van der Waals surface area contributed by atoms with Crippen LogP contribution in [0.2, 0.25) is 0 Å². The van der Waals surface area contributed by atoms with Gasteiger partial charge in [-0.3, -0.25) is 0 Å². The fourth-order valence-corrected chi connectivity index (χ4v) is 3.83. The fourth-order valence-electron chi connectivity index (χ4n) is 3.13. The van der Waals surface area contributed by atoms with E-state index in [-0.39, 0.29) is 18.5 Å². The van der Waals surface area contributed by atoms with Crippen LogP contribution in [0.1, 0.15) is 5.56 Å². The zero-order valence-electron chi connectivity index (χ0n) is 15.8. The van der Waals surface area contributed by atoms with Crippen molar-refractivity contribution >= 4 is 28.2 Å². The van der Waals surface area contributed by atoms with Crippen LogP contribution in [0.5, 0.6) is 5.75 Å². The van der Waals surface area contributed by atoms with Crippen molar-refractivity contribution in [1.82, 2.24) is 9.88 Å². The molecule has 1 fully saturated rings. The number of thiazole rings is 1. The molecule has 0 bridgehead atoms. The zero-order valence-corrected chi connectivity index (χ0v) is 16.6. The Bertz CT molecular complexity index is 959. The van der Waals surface area contributed by atoms with Crippen LogP contribution in [0, 0.1) is 5.82 Å². The molecule has 4 rings (SSSR count). The number of carbonyl (C=O) groups is 1. The highest BCUT2D eigenvalue weighted by Crippen LogP contribution is 2.21. The molecule has 1 aromatic heterocycles. The van der Waals surface area contributed by atoms with Gasteiger partial charge in [-0.05, 0) is 29.8 Å². The highest BCUT2D eigenvalue weighted by molar-refractivity contribution is 7.13. The number of aromatic nitrogens is 1. The van der Waals surface area contributed by atoms with E-state index in [2.05, 4.69) is 15.2 Å². The summed E-state index contributed by atoms with van der Waals surface area (Å²) in [7, 11) is 0. The number of hydrogen-bond donors (Lipinski definition) is 1. The van der Waals surface area contributed by atoms with E-state index in [0.717, 1.165) is 23.8 Å². The molecule has 2 heterocycles. The lowest BCUT2D eigenvalue weighted by molar-refractivity contribution is 0.208. The van der Waals surface area contributed by atoms with Crippen LogP contribution in [-0.4, -0.2) is 42.1 Å². The van der Waals surface area contributed by atoms with E-state index in [1.165, 1.54) is 12.1 Å². The van der Waals surface area contributed by atoms with E-state index in [9.17, 15) is 9.18 Å². The molecule has 1 aliphatic heterocycles. The van der Waals surface area contributed by atoms with Gasteiger partial charge < -0.3 is 19.9 Å². The second kappa shape index (κ2) is 8.91. The molecule has 0 atom stereocenters. The molecule has 0 radical (unpaired) electrons. The van der Waals surface area contributed by atoms with Crippen molar-refractivity contribution in [3.63, 3.8) is 0 Å². The number of urea groups is 1. The van der Waals surface area contributed by atoms with E-state index in [0.29, 0.717) is 24.5 Å². The molecule has 3 aromatic rings. The van der Waals surface area contributed by atoms with Gasteiger partial charge in [0.25, 0.3) is 0 Å². The molecule has 2 aromatic carbocycles. The number of piperazine rings is 1. The van der Waals surface area contributed by atoms with Crippen molar-refractivity contribution in [3.8, 4) is 5.75 Å². The smallest absolute Gasteiger partial charge is 0.321 e. The first-order chi connectivity index (χ1) is 14.2. The van der Waals surface area contributed by atoms with E-state index in [1.807, 2.05) is 23.6 Å². The predicted molar refractivity (Wildman–Crippen MR) is 112 cm³/mol. The van der Waals surface area contributed by atoms with Crippen LogP contribution in [0.4, 0.5) is 20.0 Å². The molecule has 1 aliphatic rings. The normalized spacial score (nSPS) is 14.0. The summed E-state index contributed by atoms with van der Waals surface area (Å²) in [5.74, 6) is 0.322. The lowest BCUT2D eigenvalue weighted by atomic mass is 10.2. The van der Waals surface area contributed by atoms with Gasteiger partial charge in [-0.1, -0.05) is 18.2 Å². The molecule has 6 nitrogen and oxygen atoms in total. The monoisotopic (exact) mass is 412 g/mol. The standard InChI is InChI=1S/C21H21FN4O2S/c22-17-4-1-3-16(13-17)15-28-19-6-2-5-18(14-19)24-20(27)25-8-10-26(11-9-25)21-23-7-12-29-21/h1-7,12-14H,8-11,15H2,(H,24,27). The third-order valence-corrected chi connectivity index (χ3v) is 5.47.